The number of hydrogen-bond donors (Lipinski definition) is 1. The van der Waals surface area contributed by atoms with Gasteiger partial charge in [0.25, 0.3) is 0 Å². The average molecular weight is 262 g/mol. The van der Waals surface area contributed by atoms with Gasteiger partial charge in [-0.1, -0.05) is 29.4 Å². The first-order valence-corrected chi connectivity index (χ1v) is 5.32. The van der Waals surface area contributed by atoms with Crippen molar-refractivity contribution in [2.45, 2.75) is 6.92 Å². The van der Waals surface area contributed by atoms with Gasteiger partial charge >= 0.3 is 0 Å². The SMILES string of the molecule is CC1=C/C(=N\OCC(=O)[O-])c2ccccc2C1=O.[NH4+]. The van der Waals surface area contributed by atoms with E-state index in [0.717, 1.165) is 0 Å². The van der Waals surface area contributed by atoms with E-state index in [2.05, 4.69) is 9.99 Å². The zero-order valence-electron chi connectivity index (χ0n) is 10.7. The van der Waals surface area contributed by atoms with Gasteiger partial charge in [0.2, 0.25) is 0 Å². The van der Waals surface area contributed by atoms with E-state index >= 15 is 0 Å². The fraction of sp³-hybridized carbons (Fsp3) is 0.154. The molecule has 1 aromatic rings. The minimum Gasteiger partial charge on any atom is -0.546 e. The van der Waals surface area contributed by atoms with E-state index < -0.39 is 12.6 Å². The summed E-state index contributed by atoms with van der Waals surface area (Å²) in [6.07, 6.45) is 1.57. The molecule has 6 heteroatoms. The van der Waals surface area contributed by atoms with Gasteiger partial charge in [-0.15, -0.1) is 0 Å². The van der Waals surface area contributed by atoms with Crippen LogP contribution in [0.4, 0.5) is 0 Å². The Kier molecular flexibility index (Phi) is 4.55. The Morgan fingerprint density at radius 1 is 1.32 bits per heavy atom. The van der Waals surface area contributed by atoms with Crippen molar-refractivity contribution in [2.24, 2.45) is 5.16 Å². The van der Waals surface area contributed by atoms with Gasteiger partial charge in [0.05, 0.1) is 5.97 Å². The Labute approximate surface area is 110 Å². The monoisotopic (exact) mass is 262 g/mol. The Balaban J connectivity index is 0.00000180. The van der Waals surface area contributed by atoms with Crippen molar-refractivity contribution in [3.8, 4) is 0 Å². The molecule has 19 heavy (non-hydrogen) atoms. The van der Waals surface area contributed by atoms with Crippen LogP contribution in [0, 0.1) is 0 Å². The maximum absolute atomic E-state index is 11.9. The lowest BCUT2D eigenvalue weighted by molar-refractivity contribution is -0.309. The largest absolute Gasteiger partial charge is 0.546 e. The van der Waals surface area contributed by atoms with Crippen LogP contribution in [0.2, 0.25) is 0 Å². The molecule has 0 unspecified atom stereocenters. The Morgan fingerprint density at radius 3 is 2.58 bits per heavy atom. The van der Waals surface area contributed by atoms with Gasteiger partial charge in [-0.05, 0) is 18.6 Å². The number of oxime groups is 1. The van der Waals surface area contributed by atoms with Crippen LogP contribution in [0.5, 0.6) is 0 Å². The molecule has 0 spiro atoms. The number of carboxylic acid groups (broad SMARTS) is 1. The number of rotatable bonds is 3. The van der Waals surface area contributed by atoms with E-state index in [1.807, 2.05) is 0 Å². The molecule has 0 fully saturated rings. The standard InChI is InChI=1S/C13H11NO4.H3N/c1-8-6-11(14-18-7-12(15)16)9-4-2-3-5-10(9)13(8)17;/h2-6H,7H2,1H3,(H,15,16);1H3/b14-11+;. The molecule has 0 saturated heterocycles. The third-order valence-corrected chi connectivity index (χ3v) is 2.50. The summed E-state index contributed by atoms with van der Waals surface area (Å²) in [6, 6.07) is 6.96. The number of quaternary nitrogens is 1. The molecule has 1 aliphatic carbocycles. The van der Waals surface area contributed by atoms with Crippen molar-refractivity contribution in [2.75, 3.05) is 6.61 Å². The van der Waals surface area contributed by atoms with E-state index in [1.54, 1.807) is 37.3 Å². The Morgan fingerprint density at radius 2 is 1.95 bits per heavy atom. The van der Waals surface area contributed by atoms with E-state index in [-0.39, 0.29) is 11.9 Å². The topological polar surface area (TPSA) is 115 Å². The number of carbonyl (C=O) groups is 2. The normalized spacial score (nSPS) is 15.3. The van der Waals surface area contributed by atoms with Crippen molar-refractivity contribution in [3.63, 3.8) is 0 Å². The van der Waals surface area contributed by atoms with Gasteiger partial charge in [-0.3, -0.25) is 4.79 Å². The van der Waals surface area contributed by atoms with Gasteiger partial charge in [0.1, 0.15) is 5.71 Å². The second-order valence-corrected chi connectivity index (χ2v) is 3.82. The van der Waals surface area contributed by atoms with E-state index in [0.29, 0.717) is 22.4 Å². The lowest BCUT2D eigenvalue weighted by Gasteiger charge is -2.14. The summed E-state index contributed by atoms with van der Waals surface area (Å²) in [5.41, 5.74) is 2.13. The van der Waals surface area contributed by atoms with Crippen LogP contribution < -0.4 is 11.3 Å². The molecule has 100 valence electrons. The van der Waals surface area contributed by atoms with Crippen molar-refractivity contribution < 1.29 is 19.5 Å². The van der Waals surface area contributed by atoms with Gasteiger partial charge in [0, 0.05) is 11.1 Å². The maximum Gasteiger partial charge on any atom is 0.189 e. The molecule has 1 aromatic carbocycles. The fourth-order valence-corrected chi connectivity index (χ4v) is 1.70. The predicted octanol–water partition coefficient (Wildman–Crippen LogP) is 0.676. The van der Waals surface area contributed by atoms with Crippen LogP contribution in [-0.4, -0.2) is 24.1 Å². The number of carbonyl (C=O) groups excluding carboxylic acids is 2. The number of benzene rings is 1. The number of Topliss-reactive ketones (excluding diaryl/α,β-unsaturated/α-hetero) is 1. The molecule has 0 bridgehead atoms. The third kappa shape index (κ3) is 3.05. The number of allylic oxidation sites excluding steroid dienone is 2. The summed E-state index contributed by atoms with van der Waals surface area (Å²) >= 11 is 0. The van der Waals surface area contributed by atoms with Crippen molar-refractivity contribution >= 4 is 17.5 Å². The third-order valence-electron chi connectivity index (χ3n) is 2.50. The summed E-state index contributed by atoms with van der Waals surface area (Å²) in [5.74, 6) is -1.41. The van der Waals surface area contributed by atoms with Crippen LogP contribution in [-0.2, 0) is 9.63 Å². The molecule has 0 saturated carbocycles. The predicted molar refractivity (Wildman–Crippen MR) is 68.0 cm³/mol. The van der Waals surface area contributed by atoms with Gasteiger partial charge in [-0.25, -0.2) is 0 Å². The van der Waals surface area contributed by atoms with E-state index in [1.165, 1.54) is 0 Å². The summed E-state index contributed by atoms with van der Waals surface area (Å²) in [5, 5.41) is 13.9. The van der Waals surface area contributed by atoms with Crippen molar-refractivity contribution in [1.29, 1.82) is 0 Å². The van der Waals surface area contributed by atoms with Gasteiger partial charge < -0.3 is 20.9 Å². The molecular weight excluding hydrogens is 248 g/mol. The highest BCUT2D eigenvalue weighted by Gasteiger charge is 2.21. The molecule has 0 aromatic heterocycles. The highest BCUT2D eigenvalue weighted by molar-refractivity contribution is 6.25. The lowest BCUT2D eigenvalue weighted by Crippen LogP contribution is -2.27. The molecule has 0 radical (unpaired) electrons. The first kappa shape index (κ1) is 14.6. The first-order chi connectivity index (χ1) is 8.59. The summed E-state index contributed by atoms with van der Waals surface area (Å²) in [7, 11) is 0. The first-order valence-electron chi connectivity index (χ1n) is 5.32. The average Bonchev–Trinajstić information content (AvgIpc) is 2.35. The van der Waals surface area contributed by atoms with E-state index in [4.69, 9.17) is 0 Å². The maximum atomic E-state index is 11.9. The van der Waals surface area contributed by atoms with Gasteiger partial charge in [-0.2, -0.15) is 0 Å². The molecule has 4 N–H and O–H groups in total. The molecule has 0 amide bonds. The number of fused-ring (bicyclic) bond motifs is 1. The molecule has 0 atom stereocenters. The minimum atomic E-state index is -1.35. The Hall–Kier alpha value is -2.47. The zero-order chi connectivity index (χ0) is 13.1. The minimum absolute atomic E-state index is 0. The lowest BCUT2D eigenvalue weighted by atomic mass is 9.90. The van der Waals surface area contributed by atoms with Crippen LogP contribution in [0.1, 0.15) is 22.8 Å². The van der Waals surface area contributed by atoms with Crippen LogP contribution in [0.15, 0.2) is 41.1 Å². The molecule has 6 nitrogen and oxygen atoms in total. The molecule has 2 rings (SSSR count). The molecule has 0 heterocycles. The number of carboxylic acids is 1. The van der Waals surface area contributed by atoms with Crippen LogP contribution >= 0.6 is 0 Å². The second-order valence-electron chi connectivity index (χ2n) is 3.82. The summed E-state index contributed by atoms with van der Waals surface area (Å²) in [6.45, 7) is 1.05. The highest BCUT2D eigenvalue weighted by Crippen LogP contribution is 2.21. The number of nitrogens with zero attached hydrogens (tertiary/aromatic N) is 1. The zero-order valence-corrected chi connectivity index (χ0v) is 10.7. The summed E-state index contributed by atoms with van der Waals surface area (Å²) < 4.78 is 0. The van der Waals surface area contributed by atoms with Crippen LogP contribution in [0.3, 0.4) is 0 Å². The second kappa shape index (κ2) is 5.92. The fourth-order valence-electron chi connectivity index (χ4n) is 1.70. The van der Waals surface area contributed by atoms with Crippen LogP contribution in [0.25, 0.3) is 0 Å². The van der Waals surface area contributed by atoms with E-state index in [9.17, 15) is 14.7 Å². The molecule has 0 aliphatic heterocycles. The molecule has 1 aliphatic rings. The van der Waals surface area contributed by atoms with Crippen molar-refractivity contribution in [3.05, 3.63) is 47.0 Å². The number of aliphatic carboxylic acids is 1. The highest BCUT2D eigenvalue weighted by atomic mass is 16.6. The van der Waals surface area contributed by atoms with Crippen molar-refractivity contribution in [1.82, 2.24) is 6.15 Å². The smallest absolute Gasteiger partial charge is 0.189 e. The number of ketones is 1. The quantitative estimate of drug-likeness (QED) is 0.806. The number of hydrogen-bond acceptors (Lipinski definition) is 5. The summed E-state index contributed by atoms with van der Waals surface area (Å²) in [4.78, 5) is 26.7. The Bertz CT molecular complexity index is 576. The van der Waals surface area contributed by atoms with Gasteiger partial charge in [0.15, 0.2) is 12.4 Å². The molecular formula is C13H14N2O4.